The molecule has 0 unspecified atom stereocenters. The molecule has 1 N–H and O–H groups in total. The molecular formula is C12H15N. The third kappa shape index (κ3) is 0.969. The molecule has 1 aromatic rings. The predicted octanol–water partition coefficient (Wildman–Crippen LogP) is 2.15. The van der Waals surface area contributed by atoms with Gasteiger partial charge in [0.15, 0.2) is 0 Å². The van der Waals surface area contributed by atoms with E-state index in [2.05, 4.69) is 35.6 Å². The van der Waals surface area contributed by atoms with Crippen molar-refractivity contribution < 1.29 is 0 Å². The molecule has 1 aliphatic heterocycles. The van der Waals surface area contributed by atoms with E-state index in [-0.39, 0.29) is 0 Å². The van der Waals surface area contributed by atoms with Crippen LogP contribution in [0.2, 0.25) is 0 Å². The summed E-state index contributed by atoms with van der Waals surface area (Å²) >= 11 is 0. The maximum absolute atomic E-state index is 3.40. The fourth-order valence-electron chi connectivity index (χ4n) is 2.77. The van der Waals surface area contributed by atoms with Gasteiger partial charge in [-0.1, -0.05) is 30.3 Å². The molecule has 68 valence electrons. The maximum Gasteiger partial charge on any atom is 0.00261 e. The van der Waals surface area contributed by atoms with Gasteiger partial charge >= 0.3 is 0 Å². The van der Waals surface area contributed by atoms with E-state index in [9.17, 15) is 0 Å². The van der Waals surface area contributed by atoms with Crippen LogP contribution in [0, 0.1) is 5.41 Å². The zero-order valence-corrected chi connectivity index (χ0v) is 7.79. The van der Waals surface area contributed by atoms with Gasteiger partial charge in [0.25, 0.3) is 0 Å². The smallest absolute Gasteiger partial charge is 0.00261 e. The monoisotopic (exact) mass is 173 g/mol. The van der Waals surface area contributed by atoms with Crippen molar-refractivity contribution in [1.82, 2.24) is 5.32 Å². The minimum absolute atomic E-state index is 0.654. The molecule has 1 saturated carbocycles. The summed E-state index contributed by atoms with van der Waals surface area (Å²) in [5.74, 6) is 0.843. The van der Waals surface area contributed by atoms with Gasteiger partial charge in [-0.2, -0.15) is 0 Å². The third-order valence-corrected chi connectivity index (χ3v) is 3.83. The topological polar surface area (TPSA) is 12.0 Å². The predicted molar refractivity (Wildman–Crippen MR) is 53.7 cm³/mol. The first-order chi connectivity index (χ1) is 6.41. The number of benzene rings is 1. The Morgan fingerprint density at radius 2 is 1.92 bits per heavy atom. The minimum Gasteiger partial charge on any atom is -0.315 e. The van der Waals surface area contributed by atoms with Gasteiger partial charge in [-0.25, -0.2) is 0 Å². The van der Waals surface area contributed by atoms with Crippen LogP contribution in [0.1, 0.15) is 24.3 Å². The van der Waals surface area contributed by atoms with Crippen LogP contribution < -0.4 is 5.32 Å². The summed E-state index contributed by atoms with van der Waals surface area (Å²) in [4.78, 5) is 0. The number of rotatable bonds is 1. The second kappa shape index (κ2) is 2.58. The summed E-state index contributed by atoms with van der Waals surface area (Å²) in [6, 6.07) is 11.0. The summed E-state index contributed by atoms with van der Waals surface area (Å²) in [5.41, 5.74) is 2.21. The van der Waals surface area contributed by atoms with Crippen LogP contribution in [0.3, 0.4) is 0 Å². The summed E-state index contributed by atoms with van der Waals surface area (Å²) < 4.78 is 0. The molecule has 1 heterocycles. The van der Waals surface area contributed by atoms with Crippen molar-refractivity contribution in [2.45, 2.75) is 18.8 Å². The lowest BCUT2D eigenvalue weighted by Crippen LogP contribution is -2.61. The standard InChI is InChI=1S/C12H15N/c1-2-4-10(5-3-1)11-6-7-12(11)8-13-9-12/h1-5,11,13H,6-9H2/t11-/m1/s1. The van der Waals surface area contributed by atoms with Gasteiger partial charge in [-0.3, -0.25) is 0 Å². The molecule has 1 spiro atoms. The quantitative estimate of drug-likeness (QED) is 0.686. The summed E-state index contributed by atoms with van der Waals surface area (Å²) in [6.45, 7) is 2.49. The first-order valence-electron chi connectivity index (χ1n) is 5.16. The van der Waals surface area contributed by atoms with Crippen molar-refractivity contribution in [3.63, 3.8) is 0 Å². The van der Waals surface area contributed by atoms with E-state index in [0.717, 1.165) is 5.92 Å². The summed E-state index contributed by atoms with van der Waals surface area (Å²) in [7, 11) is 0. The molecule has 3 rings (SSSR count). The Morgan fingerprint density at radius 3 is 2.38 bits per heavy atom. The maximum atomic E-state index is 3.40. The van der Waals surface area contributed by atoms with E-state index in [0.29, 0.717) is 5.41 Å². The van der Waals surface area contributed by atoms with E-state index < -0.39 is 0 Å². The molecule has 1 atom stereocenters. The molecule has 0 bridgehead atoms. The highest BCUT2D eigenvalue weighted by Crippen LogP contribution is 2.54. The van der Waals surface area contributed by atoms with Crippen LogP contribution in [-0.2, 0) is 0 Å². The molecule has 0 amide bonds. The Hall–Kier alpha value is -0.820. The lowest BCUT2D eigenvalue weighted by atomic mass is 9.54. The van der Waals surface area contributed by atoms with Gasteiger partial charge in [0, 0.05) is 18.5 Å². The lowest BCUT2D eigenvalue weighted by molar-refractivity contribution is 0.0253. The second-order valence-electron chi connectivity index (χ2n) is 4.47. The van der Waals surface area contributed by atoms with E-state index in [1.54, 1.807) is 5.56 Å². The van der Waals surface area contributed by atoms with Gasteiger partial charge in [0.1, 0.15) is 0 Å². The molecule has 13 heavy (non-hydrogen) atoms. The van der Waals surface area contributed by atoms with E-state index >= 15 is 0 Å². The first kappa shape index (κ1) is 7.57. The molecule has 1 nitrogen and oxygen atoms in total. The number of hydrogen-bond acceptors (Lipinski definition) is 1. The molecule has 1 aromatic carbocycles. The molecule has 2 fully saturated rings. The van der Waals surface area contributed by atoms with Crippen LogP contribution in [-0.4, -0.2) is 13.1 Å². The van der Waals surface area contributed by atoms with Crippen molar-refractivity contribution >= 4 is 0 Å². The number of nitrogens with one attached hydrogen (secondary N) is 1. The number of hydrogen-bond donors (Lipinski definition) is 1. The highest BCUT2D eigenvalue weighted by Gasteiger charge is 2.51. The highest BCUT2D eigenvalue weighted by molar-refractivity contribution is 5.27. The summed E-state index contributed by atoms with van der Waals surface area (Å²) in [5, 5.41) is 3.40. The average Bonchev–Trinajstić information content (AvgIpc) is 2.01. The van der Waals surface area contributed by atoms with Gasteiger partial charge in [0.05, 0.1) is 0 Å². The largest absolute Gasteiger partial charge is 0.315 e. The molecule has 1 aliphatic carbocycles. The van der Waals surface area contributed by atoms with Crippen LogP contribution in [0.15, 0.2) is 30.3 Å². The molecule has 2 aliphatic rings. The van der Waals surface area contributed by atoms with E-state index in [1.807, 2.05) is 0 Å². The normalized spacial score (nSPS) is 29.4. The molecule has 0 aromatic heterocycles. The molecule has 1 saturated heterocycles. The SMILES string of the molecule is c1ccc([C@H]2CCC23CNC3)cc1. The lowest BCUT2D eigenvalue weighted by Gasteiger charge is -2.56. The van der Waals surface area contributed by atoms with Crippen molar-refractivity contribution in [3.05, 3.63) is 35.9 Å². The second-order valence-corrected chi connectivity index (χ2v) is 4.47. The molecule has 1 heteroatoms. The van der Waals surface area contributed by atoms with Crippen LogP contribution in [0.25, 0.3) is 0 Å². The fourth-order valence-corrected chi connectivity index (χ4v) is 2.77. The van der Waals surface area contributed by atoms with Crippen LogP contribution >= 0.6 is 0 Å². The van der Waals surface area contributed by atoms with E-state index in [4.69, 9.17) is 0 Å². The van der Waals surface area contributed by atoms with Crippen molar-refractivity contribution in [3.8, 4) is 0 Å². The fraction of sp³-hybridized carbons (Fsp3) is 0.500. The van der Waals surface area contributed by atoms with Crippen LogP contribution in [0.5, 0.6) is 0 Å². The van der Waals surface area contributed by atoms with Gasteiger partial charge < -0.3 is 5.32 Å². The Bertz CT molecular complexity index is 295. The average molecular weight is 173 g/mol. The highest BCUT2D eigenvalue weighted by atomic mass is 15.0. The van der Waals surface area contributed by atoms with Crippen LogP contribution in [0.4, 0.5) is 0 Å². The van der Waals surface area contributed by atoms with Crippen molar-refractivity contribution in [2.24, 2.45) is 5.41 Å². The first-order valence-corrected chi connectivity index (χ1v) is 5.16. The molecule has 0 radical (unpaired) electrons. The third-order valence-electron chi connectivity index (χ3n) is 3.83. The zero-order valence-electron chi connectivity index (χ0n) is 7.79. The van der Waals surface area contributed by atoms with Crippen molar-refractivity contribution in [2.75, 3.05) is 13.1 Å². The van der Waals surface area contributed by atoms with E-state index in [1.165, 1.54) is 25.9 Å². The Kier molecular flexibility index (Phi) is 1.50. The van der Waals surface area contributed by atoms with Gasteiger partial charge in [-0.05, 0) is 24.3 Å². The Morgan fingerprint density at radius 1 is 1.15 bits per heavy atom. The zero-order chi connectivity index (χ0) is 8.73. The Labute approximate surface area is 79.2 Å². The Balaban J connectivity index is 1.87. The summed E-state index contributed by atoms with van der Waals surface area (Å²) in [6.07, 6.45) is 2.82. The van der Waals surface area contributed by atoms with Gasteiger partial charge in [-0.15, -0.1) is 0 Å². The van der Waals surface area contributed by atoms with Crippen molar-refractivity contribution in [1.29, 1.82) is 0 Å². The molecular weight excluding hydrogens is 158 g/mol. The minimum atomic E-state index is 0.654. The van der Waals surface area contributed by atoms with Gasteiger partial charge in [0.2, 0.25) is 0 Å².